The Morgan fingerprint density at radius 3 is 2.19 bits per heavy atom. The summed E-state index contributed by atoms with van der Waals surface area (Å²) in [4.78, 5) is 0. The number of hydrogen-bond acceptors (Lipinski definition) is 3. The van der Waals surface area contributed by atoms with Crippen molar-refractivity contribution in [1.82, 2.24) is 0 Å². The van der Waals surface area contributed by atoms with Gasteiger partial charge in [-0.3, -0.25) is 0 Å². The summed E-state index contributed by atoms with van der Waals surface area (Å²) in [7, 11) is 1.73. The lowest BCUT2D eigenvalue weighted by molar-refractivity contribution is 0.191. The summed E-state index contributed by atoms with van der Waals surface area (Å²) in [5.41, 5.74) is 0. The van der Waals surface area contributed by atoms with Crippen LogP contribution in [0, 0.1) is 0 Å². The summed E-state index contributed by atoms with van der Waals surface area (Å²) >= 11 is 0. The van der Waals surface area contributed by atoms with Crippen molar-refractivity contribution in [2.24, 2.45) is 0 Å². The Hall–Kier alpha value is -1.22. The number of aromatic hydroxyl groups is 1. The first-order valence-corrected chi connectivity index (χ1v) is 5.73. The molecule has 0 spiro atoms. The van der Waals surface area contributed by atoms with Gasteiger partial charge in [0.2, 0.25) is 0 Å². The molecule has 3 nitrogen and oxygen atoms in total. The minimum atomic E-state index is 0.270. The molecule has 1 aromatic rings. The van der Waals surface area contributed by atoms with Gasteiger partial charge in [-0.05, 0) is 43.5 Å². The average Bonchev–Trinajstić information content (AvgIpc) is 2.30. The van der Waals surface area contributed by atoms with Crippen LogP contribution in [0.5, 0.6) is 11.5 Å². The van der Waals surface area contributed by atoms with Crippen molar-refractivity contribution >= 4 is 0 Å². The number of methoxy groups -OCH3 is 1. The van der Waals surface area contributed by atoms with Crippen LogP contribution in [0.3, 0.4) is 0 Å². The van der Waals surface area contributed by atoms with Gasteiger partial charge in [0.15, 0.2) is 0 Å². The second-order valence-corrected chi connectivity index (χ2v) is 3.75. The van der Waals surface area contributed by atoms with Crippen LogP contribution >= 0.6 is 0 Å². The maximum atomic E-state index is 9.08. The zero-order valence-corrected chi connectivity index (χ0v) is 9.82. The monoisotopic (exact) mass is 224 g/mol. The van der Waals surface area contributed by atoms with E-state index >= 15 is 0 Å². The van der Waals surface area contributed by atoms with Crippen LogP contribution in [-0.2, 0) is 4.74 Å². The zero-order valence-electron chi connectivity index (χ0n) is 9.82. The fourth-order valence-corrected chi connectivity index (χ4v) is 1.43. The molecule has 0 unspecified atom stereocenters. The minimum Gasteiger partial charge on any atom is -0.508 e. The van der Waals surface area contributed by atoms with Crippen molar-refractivity contribution in [3.8, 4) is 11.5 Å². The van der Waals surface area contributed by atoms with Crippen molar-refractivity contribution in [3.63, 3.8) is 0 Å². The fourth-order valence-electron chi connectivity index (χ4n) is 1.43. The van der Waals surface area contributed by atoms with Crippen molar-refractivity contribution in [2.45, 2.75) is 25.7 Å². The van der Waals surface area contributed by atoms with Crippen LogP contribution in [0.15, 0.2) is 24.3 Å². The lowest BCUT2D eigenvalue weighted by Gasteiger charge is -2.05. The summed E-state index contributed by atoms with van der Waals surface area (Å²) in [6.07, 6.45) is 4.54. The molecule has 0 saturated carbocycles. The lowest BCUT2D eigenvalue weighted by atomic mass is 10.2. The third kappa shape index (κ3) is 5.61. The van der Waals surface area contributed by atoms with Crippen LogP contribution in [0.4, 0.5) is 0 Å². The molecule has 0 amide bonds. The number of phenolic OH excluding ortho intramolecular Hbond substituents is 1. The maximum absolute atomic E-state index is 9.08. The van der Waals surface area contributed by atoms with Gasteiger partial charge in [0.05, 0.1) is 6.61 Å². The van der Waals surface area contributed by atoms with E-state index in [1.165, 1.54) is 12.8 Å². The molecule has 1 N–H and O–H groups in total. The maximum Gasteiger partial charge on any atom is 0.119 e. The lowest BCUT2D eigenvalue weighted by Crippen LogP contribution is -1.97. The molecule has 90 valence electrons. The third-order valence-corrected chi connectivity index (χ3v) is 2.35. The van der Waals surface area contributed by atoms with Gasteiger partial charge in [0.1, 0.15) is 11.5 Å². The van der Waals surface area contributed by atoms with Crippen LogP contribution in [-0.4, -0.2) is 25.4 Å². The predicted octanol–water partition coefficient (Wildman–Crippen LogP) is 2.98. The molecule has 0 aliphatic rings. The minimum absolute atomic E-state index is 0.270. The van der Waals surface area contributed by atoms with Crippen LogP contribution in [0.2, 0.25) is 0 Å². The SMILES string of the molecule is COCCCCCCOc1ccc(O)cc1. The molecule has 0 atom stereocenters. The van der Waals surface area contributed by atoms with Gasteiger partial charge >= 0.3 is 0 Å². The van der Waals surface area contributed by atoms with Crippen LogP contribution in [0.25, 0.3) is 0 Å². The van der Waals surface area contributed by atoms with Gasteiger partial charge in [0.25, 0.3) is 0 Å². The Labute approximate surface area is 97.0 Å². The Morgan fingerprint density at radius 2 is 1.56 bits per heavy atom. The molecule has 0 saturated heterocycles. The Morgan fingerprint density at radius 1 is 0.938 bits per heavy atom. The Bertz CT molecular complexity index is 269. The van der Waals surface area contributed by atoms with E-state index < -0.39 is 0 Å². The summed E-state index contributed by atoms with van der Waals surface area (Å²) in [6, 6.07) is 6.82. The summed E-state index contributed by atoms with van der Waals surface area (Å²) in [6.45, 7) is 1.58. The van der Waals surface area contributed by atoms with E-state index in [1.54, 1.807) is 31.4 Å². The van der Waals surface area contributed by atoms with E-state index in [1.807, 2.05) is 0 Å². The molecule has 1 aromatic carbocycles. The van der Waals surface area contributed by atoms with Gasteiger partial charge in [-0.25, -0.2) is 0 Å². The Kier molecular flexibility index (Phi) is 6.42. The van der Waals surface area contributed by atoms with Crippen molar-refractivity contribution in [2.75, 3.05) is 20.3 Å². The number of hydrogen-bond donors (Lipinski definition) is 1. The van der Waals surface area contributed by atoms with E-state index in [-0.39, 0.29) is 5.75 Å². The van der Waals surface area contributed by atoms with Gasteiger partial charge in [-0.1, -0.05) is 6.42 Å². The number of rotatable bonds is 8. The van der Waals surface area contributed by atoms with Gasteiger partial charge < -0.3 is 14.6 Å². The molecule has 0 radical (unpaired) electrons. The standard InChI is InChI=1S/C13H20O3/c1-15-10-4-2-3-5-11-16-13-8-6-12(14)7-9-13/h6-9,14H,2-5,10-11H2,1H3. The smallest absolute Gasteiger partial charge is 0.119 e. The molecule has 0 aliphatic carbocycles. The highest BCUT2D eigenvalue weighted by Gasteiger charge is 1.94. The second kappa shape index (κ2) is 7.99. The van der Waals surface area contributed by atoms with E-state index in [0.717, 1.165) is 31.8 Å². The molecule has 3 heteroatoms. The average molecular weight is 224 g/mol. The molecule has 16 heavy (non-hydrogen) atoms. The third-order valence-electron chi connectivity index (χ3n) is 2.35. The highest BCUT2D eigenvalue weighted by molar-refractivity contribution is 5.29. The first-order valence-electron chi connectivity index (χ1n) is 5.73. The zero-order chi connectivity index (χ0) is 11.6. The predicted molar refractivity (Wildman–Crippen MR) is 63.9 cm³/mol. The number of ether oxygens (including phenoxy) is 2. The van der Waals surface area contributed by atoms with Crippen LogP contribution in [0.1, 0.15) is 25.7 Å². The van der Waals surface area contributed by atoms with Crippen molar-refractivity contribution in [1.29, 1.82) is 0 Å². The second-order valence-electron chi connectivity index (χ2n) is 3.75. The highest BCUT2D eigenvalue weighted by Crippen LogP contribution is 2.16. The Balaban J connectivity index is 2.01. The highest BCUT2D eigenvalue weighted by atomic mass is 16.5. The first-order chi connectivity index (χ1) is 7.83. The normalized spacial score (nSPS) is 10.3. The summed E-state index contributed by atoms with van der Waals surface area (Å²) in [5.74, 6) is 1.08. The van der Waals surface area contributed by atoms with Crippen molar-refractivity contribution < 1.29 is 14.6 Å². The van der Waals surface area contributed by atoms with E-state index in [4.69, 9.17) is 14.6 Å². The number of phenols is 1. The number of benzene rings is 1. The summed E-state index contributed by atoms with van der Waals surface area (Å²) in [5, 5.41) is 9.08. The largest absolute Gasteiger partial charge is 0.508 e. The molecule has 0 aliphatic heterocycles. The molecular formula is C13H20O3. The summed E-state index contributed by atoms with van der Waals surface area (Å²) < 4.78 is 10.5. The van der Waals surface area contributed by atoms with E-state index in [0.29, 0.717) is 0 Å². The molecule has 0 aromatic heterocycles. The quantitative estimate of drug-likeness (QED) is 0.690. The molecular weight excluding hydrogens is 204 g/mol. The molecule has 0 bridgehead atoms. The topological polar surface area (TPSA) is 38.7 Å². The first kappa shape index (κ1) is 12.8. The van der Waals surface area contributed by atoms with Gasteiger partial charge in [-0.2, -0.15) is 0 Å². The van der Waals surface area contributed by atoms with Crippen molar-refractivity contribution in [3.05, 3.63) is 24.3 Å². The number of unbranched alkanes of at least 4 members (excludes halogenated alkanes) is 3. The molecule has 0 heterocycles. The molecule has 1 rings (SSSR count). The van der Waals surface area contributed by atoms with E-state index in [2.05, 4.69) is 0 Å². The van der Waals surface area contributed by atoms with Crippen LogP contribution < -0.4 is 4.74 Å². The van der Waals surface area contributed by atoms with Gasteiger partial charge in [0, 0.05) is 13.7 Å². The molecule has 0 fully saturated rings. The fraction of sp³-hybridized carbons (Fsp3) is 0.538. The van der Waals surface area contributed by atoms with Gasteiger partial charge in [-0.15, -0.1) is 0 Å². The van der Waals surface area contributed by atoms with E-state index in [9.17, 15) is 0 Å².